The van der Waals surface area contributed by atoms with Crippen molar-refractivity contribution >= 4 is 17.0 Å². The van der Waals surface area contributed by atoms with Crippen molar-refractivity contribution in [2.45, 2.75) is 46.6 Å². The highest BCUT2D eigenvalue weighted by atomic mass is 32.1. The van der Waals surface area contributed by atoms with E-state index in [1.165, 1.54) is 0 Å². The van der Waals surface area contributed by atoms with Crippen LogP contribution >= 0.6 is 11.3 Å². The number of nitrogen functional groups attached to an aromatic ring is 1. The molecule has 0 unspecified atom stereocenters. The molecule has 0 aliphatic rings. The van der Waals surface area contributed by atoms with Gasteiger partial charge in [-0.15, -0.1) is 11.3 Å². The first-order valence-electron chi connectivity index (χ1n) is 6.72. The summed E-state index contributed by atoms with van der Waals surface area (Å²) in [7, 11) is 0. The molecule has 2 rings (SSSR count). The highest BCUT2D eigenvalue weighted by Crippen LogP contribution is 2.27. The molecule has 0 radical (unpaired) electrons. The molecule has 1 heterocycles. The first kappa shape index (κ1) is 14.9. The Labute approximate surface area is 124 Å². The van der Waals surface area contributed by atoms with Crippen molar-refractivity contribution in [2.75, 3.05) is 5.73 Å². The van der Waals surface area contributed by atoms with Gasteiger partial charge in [-0.25, -0.2) is 4.98 Å². The Balaban J connectivity index is 2.09. The lowest BCUT2D eigenvalue weighted by molar-refractivity contribution is 0.302. The minimum Gasteiger partial charge on any atom is -0.486 e. The van der Waals surface area contributed by atoms with E-state index in [1.54, 1.807) is 11.3 Å². The molecule has 108 valence electrons. The predicted octanol–water partition coefficient (Wildman–Crippen LogP) is 4.22. The van der Waals surface area contributed by atoms with Crippen LogP contribution in [0.15, 0.2) is 17.5 Å². The highest BCUT2D eigenvalue weighted by Gasteiger charge is 2.17. The number of nitrogens with zero attached hydrogens (tertiary/aromatic N) is 1. The summed E-state index contributed by atoms with van der Waals surface area (Å²) < 4.78 is 5.88. The van der Waals surface area contributed by atoms with Gasteiger partial charge >= 0.3 is 0 Å². The molecule has 0 atom stereocenters. The summed E-state index contributed by atoms with van der Waals surface area (Å²) in [4.78, 5) is 4.64. The Bertz CT molecular complexity index is 611. The minimum atomic E-state index is 0.0858. The van der Waals surface area contributed by atoms with Gasteiger partial charge in [-0.1, -0.05) is 20.8 Å². The maximum Gasteiger partial charge on any atom is 0.140 e. The van der Waals surface area contributed by atoms with Crippen LogP contribution in [0.3, 0.4) is 0 Å². The van der Waals surface area contributed by atoms with Crippen molar-refractivity contribution in [3.05, 3.63) is 39.3 Å². The van der Waals surface area contributed by atoms with Gasteiger partial charge in [0.2, 0.25) is 0 Å². The fourth-order valence-corrected chi connectivity index (χ4v) is 2.76. The van der Waals surface area contributed by atoms with Crippen LogP contribution in [-0.2, 0) is 12.0 Å². The SMILES string of the molecule is Cc1cc(OCc2nc(C(C)(C)C)cs2)c(C)cc1N. The van der Waals surface area contributed by atoms with Crippen molar-refractivity contribution < 1.29 is 4.74 Å². The fraction of sp³-hybridized carbons (Fsp3) is 0.438. The Morgan fingerprint density at radius 1 is 1.20 bits per heavy atom. The first-order chi connectivity index (χ1) is 9.27. The molecule has 0 saturated carbocycles. The van der Waals surface area contributed by atoms with Crippen molar-refractivity contribution in [3.63, 3.8) is 0 Å². The van der Waals surface area contributed by atoms with E-state index in [0.29, 0.717) is 6.61 Å². The van der Waals surface area contributed by atoms with E-state index in [-0.39, 0.29) is 5.41 Å². The molecule has 0 spiro atoms. The Kier molecular flexibility index (Phi) is 4.04. The van der Waals surface area contributed by atoms with Crippen molar-refractivity contribution in [3.8, 4) is 5.75 Å². The summed E-state index contributed by atoms with van der Waals surface area (Å²) in [5, 5.41) is 3.11. The van der Waals surface area contributed by atoms with E-state index in [2.05, 4.69) is 31.1 Å². The van der Waals surface area contributed by atoms with Gasteiger partial charge in [0, 0.05) is 16.5 Å². The van der Waals surface area contributed by atoms with Gasteiger partial charge in [0.15, 0.2) is 0 Å². The van der Waals surface area contributed by atoms with E-state index < -0.39 is 0 Å². The number of thiazole rings is 1. The zero-order valence-electron chi connectivity index (χ0n) is 12.8. The van der Waals surface area contributed by atoms with Gasteiger partial charge in [-0.2, -0.15) is 0 Å². The van der Waals surface area contributed by atoms with Gasteiger partial charge in [0.05, 0.1) is 5.69 Å². The Morgan fingerprint density at radius 3 is 2.50 bits per heavy atom. The van der Waals surface area contributed by atoms with Gasteiger partial charge in [-0.3, -0.25) is 0 Å². The van der Waals surface area contributed by atoms with Crippen LogP contribution in [0.4, 0.5) is 5.69 Å². The molecule has 1 aromatic carbocycles. The van der Waals surface area contributed by atoms with Crippen molar-refractivity contribution in [1.29, 1.82) is 0 Å². The van der Waals surface area contributed by atoms with Crippen LogP contribution in [0, 0.1) is 13.8 Å². The number of hydrogen-bond donors (Lipinski definition) is 1. The fourth-order valence-electron chi connectivity index (χ4n) is 1.83. The number of aromatic nitrogens is 1. The average Bonchev–Trinajstić information content (AvgIpc) is 2.80. The zero-order valence-corrected chi connectivity index (χ0v) is 13.6. The standard InChI is InChI=1S/C16H22N2OS/c1-10-7-13(11(2)6-12(10)17)19-8-15-18-14(9-20-15)16(3,4)5/h6-7,9H,8,17H2,1-5H3. The number of benzene rings is 1. The lowest BCUT2D eigenvalue weighted by Gasteiger charge is -2.14. The molecule has 0 fully saturated rings. The number of anilines is 1. The summed E-state index contributed by atoms with van der Waals surface area (Å²) in [6.07, 6.45) is 0. The van der Waals surface area contributed by atoms with Crippen LogP contribution in [0.1, 0.15) is 42.6 Å². The van der Waals surface area contributed by atoms with E-state index in [0.717, 1.165) is 33.3 Å². The molecule has 0 amide bonds. The van der Waals surface area contributed by atoms with Crippen LogP contribution < -0.4 is 10.5 Å². The molecule has 2 N–H and O–H groups in total. The van der Waals surface area contributed by atoms with Gasteiger partial charge in [0.25, 0.3) is 0 Å². The number of rotatable bonds is 3. The van der Waals surface area contributed by atoms with E-state index >= 15 is 0 Å². The molecular formula is C16H22N2OS. The number of hydrogen-bond acceptors (Lipinski definition) is 4. The van der Waals surface area contributed by atoms with E-state index in [1.807, 2.05) is 26.0 Å². The molecule has 3 nitrogen and oxygen atoms in total. The van der Waals surface area contributed by atoms with Crippen LogP contribution in [0.2, 0.25) is 0 Å². The summed E-state index contributed by atoms with van der Waals surface area (Å²) in [5.74, 6) is 0.879. The monoisotopic (exact) mass is 290 g/mol. The topological polar surface area (TPSA) is 48.1 Å². The first-order valence-corrected chi connectivity index (χ1v) is 7.60. The molecule has 1 aromatic heterocycles. The second-order valence-corrected chi connectivity index (χ2v) is 7.08. The quantitative estimate of drug-likeness (QED) is 0.861. The van der Waals surface area contributed by atoms with Gasteiger partial charge in [-0.05, 0) is 37.1 Å². The van der Waals surface area contributed by atoms with Crippen LogP contribution in [0.25, 0.3) is 0 Å². The maximum absolute atomic E-state index is 5.88. The molecular weight excluding hydrogens is 268 g/mol. The number of nitrogens with two attached hydrogens (primary N) is 1. The lowest BCUT2D eigenvalue weighted by atomic mass is 9.93. The molecule has 20 heavy (non-hydrogen) atoms. The molecule has 0 aliphatic carbocycles. The zero-order chi connectivity index (χ0) is 14.9. The second kappa shape index (κ2) is 5.44. The molecule has 4 heteroatoms. The Hall–Kier alpha value is -1.55. The minimum absolute atomic E-state index is 0.0858. The van der Waals surface area contributed by atoms with E-state index in [9.17, 15) is 0 Å². The van der Waals surface area contributed by atoms with Crippen LogP contribution in [0.5, 0.6) is 5.75 Å². The summed E-state index contributed by atoms with van der Waals surface area (Å²) in [6, 6.07) is 3.94. The summed E-state index contributed by atoms with van der Waals surface area (Å²) in [5.41, 5.74) is 9.99. The third kappa shape index (κ3) is 3.31. The average molecular weight is 290 g/mol. The highest BCUT2D eigenvalue weighted by molar-refractivity contribution is 7.09. The van der Waals surface area contributed by atoms with Crippen molar-refractivity contribution in [2.24, 2.45) is 0 Å². The Morgan fingerprint density at radius 2 is 1.90 bits per heavy atom. The van der Waals surface area contributed by atoms with Gasteiger partial charge < -0.3 is 10.5 Å². The van der Waals surface area contributed by atoms with Crippen LogP contribution in [-0.4, -0.2) is 4.98 Å². The summed E-state index contributed by atoms with van der Waals surface area (Å²) in [6.45, 7) is 11.0. The maximum atomic E-state index is 5.88. The largest absolute Gasteiger partial charge is 0.486 e. The number of ether oxygens (including phenoxy) is 1. The smallest absolute Gasteiger partial charge is 0.140 e. The third-order valence-corrected chi connectivity index (χ3v) is 4.06. The normalized spacial score (nSPS) is 11.7. The molecule has 0 saturated heterocycles. The molecule has 0 aliphatic heterocycles. The van der Waals surface area contributed by atoms with E-state index in [4.69, 9.17) is 10.5 Å². The van der Waals surface area contributed by atoms with Gasteiger partial charge in [0.1, 0.15) is 17.4 Å². The van der Waals surface area contributed by atoms with Crippen molar-refractivity contribution in [1.82, 2.24) is 4.98 Å². The third-order valence-electron chi connectivity index (χ3n) is 3.23. The number of aryl methyl sites for hydroxylation is 2. The summed E-state index contributed by atoms with van der Waals surface area (Å²) >= 11 is 1.65. The second-order valence-electron chi connectivity index (χ2n) is 6.14. The lowest BCUT2D eigenvalue weighted by Crippen LogP contribution is -2.11. The molecule has 2 aromatic rings. The predicted molar refractivity (Wildman–Crippen MR) is 85.5 cm³/mol. The molecule has 0 bridgehead atoms.